The Morgan fingerprint density at radius 2 is 1.95 bits per heavy atom. The zero-order valence-corrected chi connectivity index (χ0v) is 11.4. The number of para-hydroxylation sites is 1. The Kier molecular flexibility index (Phi) is 4.58. The predicted molar refractivity (Wildman–Crippen MR) is 75.8 cm³/mol. The maximum absolute atomic E-state index is 13.4. The first-order chi connectivity index (χ1) is 9.56. The van der Waals surface area contributed by atoms with E-state index in [-0.39, 0.29) is 18.6 Å². The number of carbonyl (C=O) groups is 1. The van der Waals surface area contributed by atoms with Crippen LogP contribution >= 0.6 is 11.6 Å². The van der Waals surface area contributed by atoms with Gasteiger partial charge in [0.15, 0.2) is 0 Å². The molecule has 0 aliphatic heterocycles. The molecule has 20 heavy (non-hydrogen) atoms. The third-order valence-corrected chi connectivity index (χ3v) is 3.02. The lowest BCUT2D eigenvalue weighted by atomic mass is 10.1. The Morgan fingerprint density at radius 1 is 1.20 bits per heavy atom. The molecule has 0 bridgehead atoms. The standard InChI is InChI=1S/C15H13ClFNO2/c16-12-5-6-13(17)11(7-12)9-20-15(19)8-10-3-1-2-4-14(10)18/h1-7H,8-9,18H2. The van der Waals surface area contributed by atoms with Crippen LogP contribution in [0.25, 0.3) is 0 Å². The first-order valence-corrected chi connectivity index (χ1v) is 6.37. The van der Waals surface area contributed by atoms with Crippen LogP contribution in [0.5, 0.6) is 0 Å². The molecule has 5 heteroatoms. The SMILES string of the molecule is Nc1ccccc1CC(=O)OCc1cc(Cl)ccc1F. The number of nitrogen functional groups attached to an aromatic ring is 1. The van der Waals surface area contributed by atoms with Gasteiger partial charge < -0.3 is 10.5 Å². The van der Waals surface area contributed by atoms with Crippen molar-refractivity contribution in [2.45, 2.75) is 13.0 Å². The van der Waals surface area contributed by atoms with Crippen LogP contribution in [0.3, 0.4) is 0 Å². The molecule has 0 aliphatic rings. The summed E-state index contributed by atoms with van der Waals surface area (Å²) in [5.74, 6) is -0.927. The van der Waals surface area contributed by atoms with Crippen molar-refractivity contribution in [1.29, 1.82) is 0 Å². The molecule has 0 heterocycles. The summed E-state index contributed by atoms with van der Waals surface area (Å²) in [6.45, 7) is -0.155. The summed E-state index contributed by atoms with van der Waals surface area (Å²) >= 11 is 5.76. The summed E-state index contributed by atoms with van der Waals surface area (Å²) in [7, 11) is 0. The topological polar surface area (TPSA) is 52.3 Å². The highest BCUT2D eigenvalue weighted by atomic mass is 35.5. The largest absolute Gasteiger partial charge is 0.460 e. The molecule has 104 valence electrons. The van der Waals surface area contributed by atoms with Crippen molar-refractivity contribution in [2.75, 3.05) is 5.73 Å². The van der Waals surface area contributed by atoms with Gasteiger partial charge >= 0.3 is 5.97 Å². The number of benzene rings is 2. The molecule has 2 aromatic rings. The van der Waals surface area contributed by atoms with Gasteiger partial charge in [-0.3, -0.25) is 4.79 Å². The van der Waals surface area contributed by atoms with Crippen molar-refractivity contribution in [2.24, 2.45) is 0 Å². The van der Waals surface area contributed by atoms with Crippen molar-refractivity contribution < 1.29 is 13.9 Å². The molecule has 3 nitrogen and oxygen atoms in total. The van der Waals surface area contributed by atoms with Crippen LogP contribution in [0.4, 0.5) is 10.1 Å². The molecule has 0 atom stereocenters. The number of hydrogen-bond acceptors (Lipinski definition) is 3. The Hall–Kier alpha value is -2.07. The molecule has 0 saturated heterocycles. The smallest absolute Gasteiger partial charge is 0.310 e. The van der Waals surface area contributed by atoms with Crippen molar-refractivity contribution in [3.8, 4) is 0 Å². The number of rotatable bonds is 4. The molecule has 2 N–H and O–H groups in total. The Balaban J connectivity index is 1.96. The minimum Gasteiger partial charge on any atom is -0.460 e. The van der Waals surface area contributed by atoms with Gasteiger partial charge in [-0.15, -0.1) is 0 Å². The van der Waals surface area contributed by atoms with Gasteiger partial charge in [0.25, 0.3) is 0 Å². The van der Waals surface area contributed by atoms with Crippen molar-refractivity contribution in [3.63, 3.8) is 0 Å². The van der Waals surface area contributed by atoms with Gasteiger partial charge in [0.1, 0.15) is 12.4 Å². The summed E-state index contributed by atoms with van der Waals surface area (Å²) in [6.07, 6.45) is 0.0505. The molecular weight excluding hydrogens is 281 g/mol. The van der Waals surface area contributed by atoms with Gasteiger partial charge in [-0.2, -0.15) is 0 Å². The maximum Gasteiger partial charge on any atom is 0.310 e. The van der Waals surface area contributed by atoms with E-state index in [1.165, 1.54) is 18.2 Å². The van der Waals surface area contributed by atoms with Crippen molar-refractivity contribution >= 4 is 23.3 Å². The van der Waals surface area contributed by atoms with Crippen molar-refractivity contribution in [1.82, 2.24) is 0 Å². The number of esters is 1. The van der Waals surface area contributed by atoms with E-state index < -0.39 is 11.8 Å². The Morgan fingerprint density at radius 3 is 2.70 bits per heavy atom. The number of ether oxygens (including phenoxy) is 1. The van der Waals surface area contributed by atoms with E-state index in [0.717, 1.165) is 0 Å². The normalized spacial score (nSPS) is 10.3. The van der Waals surface area contributed by atoms with Gasteiger partial charge in [-0.1, -0.05) is 29.8 Å². The average molecular weight is 294 g/mol. The van der Waals surface area contributed by atoms with Crippen LogP contribution in [-0.2, 0) is 22.6 Å². The minimum atomic E-state index is -0.470. The highest BCUT2D eigenvalue weighted by Crippen LogP contribution is 2.16. The van der Waals surface area contributed by atoms with Gasteiger partial charge in [0.2, 0.25) is 0 Å². The van der Waals surface area contributed by atoms with Gasteiger partial charge in [-0.05, 0) is 29.8 Å². The molecule has 2 aromatic carbocycles. The second-order valence-electron chi connectivity index (χ2n) is 4.27. The highest BCUT2D eigenvalue weighted by molar-refractivity contribution is 6.30. The summed E-state index contributed by atoms with van der Waals surface area (Å²) in [6, 6.07) is 11.1. The molecule has 0 radical (unpaired) electrons. The Bertz CT molecular complexity index is 631. The van der Waals surface area contributed by atoms with Crippen molar-refractivity contribution in [3.05, 3.63) is 64.4 Å². The summed E-state index contributed by atoms with van der Waals surface area (Å²) in [5.41, 5.74) is 7.19. The minimum absolute atomic E-state index is 0.0505. The number of nitrogens with two attached hydrogens (primary N) is 1. The number of anilines is 1. The molecular formula is C15H13ClFNO2. The van der Waals surface area contributed by atoms with E-state index in [9.17, 15) is 9.18 Å². The van der Waals surface area contributed by atoms with E-state index >= 15 is 0 Å². The molecule has 0 aliphatic carbocycles. The molecule has 0 amide bonds. The summed E-state index contributed by atoms with van der Waals surface area (Å²) < 4.78 is 18.5. The molecule has 0 fully saturated rings. The third kappa shape index (κ3) is 3.71. The lowest BCUT2D eigenvalue weighted by molar-refractivity contribution is -0.144. The zero-order valence-electron chi connectivity index (χ0n) is 10.6. The van der Waals surface area contributed by atoms with E-state index in [1.54, 1.807) is 24.3 Å². The molecule has 0 unspecified atom stereocenters. The molecule has 2 rings (SSSR count). The first-order valence-electron chi connectivity index (χ1n) is 5.99. The second-order valence-corrected chi connectivity index (χ2v) is 4.71. The van der Waals surface area contributed by atoms with Gasteiger partial charge in [0.05, 0.1) is 6.42 Å². The quantitative estimate of drug-likeness (QED) is 0.695. The summed E-state index contributed by atoms with van der Waals surface area (Å²) in [4.78, 5) is 11.7. The highest BCUT2D eigenvalue weighted by Gasteiger charge is 2.10. The van der Waals surface area contributed by atoms with E-state index in [0.29, 0.717) is 16.3 Å². The molecule has 0 aromatic heterocycles. The molecule has 0 saturated carbocycles. The second kappa shape index (κ2) is 6.39. The third-order valence-electron chi connectivity index (χ3n) is 2.79. The maximum atomic E-state index is 13.4. The monoisotopic (exact) mass is 293 g/mol. The van der Waals surface area contributed by atoms with Crippen LogP contribution in [0.1, 0.15) is 11.1 Å². The predicted octanol–water partition coefficient (Wildman–Crippen LogP) is 3.35. The first kappa shape index (κ1) is 14.3. The average Bonchev–Trinajstić information content (AvgIpc) is 2.42. The number of hydrogen-bond donors (Lipinski definition) is 1. The Labute approximate surface area is 121 Å². The van der Waals surface area contributed by atoms with E-state index in [4.69, 9.17) is 22.1 Å². The van der Waals surface area contributed by atoms with Crippen LogP contribution in [0.2, 0.25) is 5.02 Å². The summed E-state index contributed by atoms with van der Waals surface area (Å²) in [5, 5.41) is 0.393. The number of halogens is 2. The van der Waals surface area contributed by atoms with E-state index in [1.807, 2.05) is 0 Å². The molecule has 0 spiro atoms. The van der Waals surface area contributed by atoms with Crippen LogP contribution < -0.4 is 5.73 Å². The zero-order chi connectivity index (χ0) is 14.5. The van der Waals surface area contributed by atoms with Gasteiger partial charge in [-0.25, -0.2) is 4.39 Å². The fraction of sp³-hybridized carbons (Fsp3) is 0.133. The lowest BCUT2D eigenvalue weighted by Crippen LogP contribution is -2.10. The van der Waals surface area contributed by atoms with Crippen LogP contribution in [-0.4, -0.2) is 5.97 Å². The van der Waals surface area contributed by atoms with Gasteiger partial charge in [0, 0.05) is 16.3 Å². The fourth-order valence-electron chi connectivity index (χ4n) is 1.71. The van der Waals surface area contributed by atoms with E-state index in [2.05, 4.69) is 0 Å². The fourth-order valence-corrected chi connectivity index (χ4v) is 1.91. The van der Waals surface area contributed by atoms with Crippen LogP contribution in [0.15, 0.2) is 42.5 Å². The number of carbonyl (C=O) groups excluding carboxylic acids is 1. The lowest BCUT2D eigenvalue weighted by Gasteiger charge is -2.08. The van der Waals surface area contributed by atoms with Crippen LogP contribution in [0, 0.1) is 5.82 Å².